The molecule has 0 radical (unpaired) electrons. The summed E-state index contributed by atoms with van der Waals surface area (Å²) in [7, 11) is 0. The summed E-state index contributed by atoms with van der Waals surface area (Å²) in [5, 5.41) is 6.82. The summed E-state index contributed by atoms with van der Waals surface area (Å²) < 4.78 is 10.4. The van der Waals surface area contributed by atoms with E-state index in [2.05, 4.69) is 20.4 Å². The van der Waals surface area contributed by atoms with Crippen molar-refractivity contribution in [2.45, 2.75) is 38.3 Å². The number of hydrogen-bond acceptors (Lipinski definition) is 6. The second-order valence-corrected chi connectivity index (χ2v) is 5.30. The van der Waals surface area contributed by atoms with Gasteiger partial charge in [-0.1, -0.05) is 18.0 Å². The molecule has 0 aromatic carbocycles. The molecule has 1 fully saturated rings. The number of pyridine rings is 1. The molecule has 1 N–H and O–H groups in total. The number of rotatable bonds is 6. The molecule has 1 amide bonds. The van der Waals surface area contributed by atoms with Crippen LogP contribution in [0.4, 0.5) is 0 Å². The average molecular weight is 302 g/mol. The molecule has 2 heterocycles. The minimum absolute atomic E-state index is 0.00110. The molecule has 22 heavy (non-hydrogen) atoms. The van der Waals surface area contributed by atoms with Crippen LogP contribution in [0.1, 0.15) is 31.6 Å². The van der Waals surface area contributed by atoms with E-state index in [1.54, 1.807) is 18.5 Å². The van der Waals surface area contributed by atoms with E-state index in [9.17, 15) is 4.79 Å². The molecule has 7 nitrogen and oxygen atoms in total. The molecule has 7 heteroatoms. The van der Waals surface area contributed by atoms with Gasteiger partial charge in [0.15, 0.2) is 0 Å². The standard InChI is InChI=1S/C15H18N4O3/c20-13(17-12-5-1-2-6-12)9-21-10-14-18-15(19-22-14)11-4-3-7-16-8-11/h3-4,7-8,12H,1-2,5-6,9-10H2,(H,17,20). The number of ether oxygens (including phenoxy) is 1. The Bertz CT molecular complexity index is 608. The molecule has 2 aromatic rings. The van der Waals surface area contributed by atoms with Crippen LogP contribution in [0.5, 0.6) is 0 Å². The van der Waals surface area contributed by atoms with Crippen molar-refractivity contribution in [1.82, 2.24) is 20.4 Å². The van der Waals surface area contributed by atoms with Gasteiger partial charge in [0.05, 0.1) is 0 Å². The van der Waals surface area contributed by atoms with Crippen molar-refractivity contribution >= 4 is 5.91 Å². The van der Waals surface area contributed by atoms with Crippen molar-refractivity contribution < 1.29 is 14.1 Å². The first-order chi connectivity index (χ1) is 10.8. The number of carbonyl (C=O) groups excluding carboxylic acids is 1. The van der Waals surface area contributed by atoms with Crippen LogP contribution in [0.25, 0.3) is 11.4 Å². The maximum absolute atomic E-state index is 11.7. The fourth-order valence-electron chi connectivity index (χ4n) is 2.50. The second-order valence-electron chi connectivity index (χ2n) is 5.30. The minimum Gasteiger partial charge on any atom is -0.362 e. The van der Waals surface area contributed by atoms with Crippen molar-refractivity contribution in [3.05, 3.63) is 30.4 Å². The number of carbonyl (C=O) groups is 1. The fourth-order valence-corrected chi connectivity index (χ4v) is 2.50. The van der Waals surface area contributed by atoms with Crippen LogP contribution in [0, 0.1) is 0 Å². The maximum atomic E-state index is 11.7. The van der Waals surface area contributed by atoms with Crippen molar-refractivity contribution in [3.8, 4) is 11.4 Å². The Morgan fingerprint density at radius 1 is 1.41 bits per heavy atom. The molecule has 0 atom stereocenters. The highest BCUT2D eigenvalue weighted by atomic mass is 16.5. The molecule has 0 bridgehead atoms. The van der Waals surface area contributed by atoms with Gasteiger partial charge in [-0.2, -0.15) is 4.98 Å². The predicted octanol–water partition coefficient (Wildman–Crippen LogP) is 1.71. The van der Waals surface area contributed by atoms with E-state index in [0.717, 1.165) is 18.4 Å². The van der Waals surface area contributed by atoms with Gasteiger partial charge in [-0.05, 0) is 25.0 Å². The molecular weight excluding hydrogens is 284 g/mol. The SMILES string of the molecule is O=C(COCc1nc(-c2cccnc2)no1)NC1CCCC1. The maximum Gasteiger partial charge on any atom is 0.252 e. The third-order valence-electron chi connectivity index (χ3n) is 3.57. The summed E-state index contributed by atoms with van der Waals surface area (Å²) in [4.78, 5) is 19.9. The Morgan fingerprint density at radius 3 is 3.05 bits per heavy atom. The Hall–Kier alpha value is -2.28. The summed E-state index contributed by atoms with van der Waals surface area (Å²) in [6.07, 6.45) is 7.82. The number of amides is 1. The number of aromatic nitrogens is 3. The number of nitrogens with one attached hydrogen (secondary N) is 1. The van der Waals surface area contributed by atoms with Gasteiger partial charge >= 0.3 is 0 Å². The zero-order chi connectivity index (χ0) is 15.2. The molecule has 2 aromatic heterocycles. The van der Waals surface area contributed by atoms with Gasteiger partial charge < -0.3 is 14.6 Å². The van der Waals surface area contributed by atoms with Crippen molar-refractivity contribution in [1.29, 1.82) is 0 Å². The van der Waals surface area contributed by atoms with E-state index >= 15 is 0 Å². The van der Waals surface area contributed by atoms with Gasteiger partial charge in [0.25, 0.3) is 5.89 Å². The summed E-state index contributed by atoms with van der Waals surface area (Å²) >= 11 is 0. The number of hydrogen-bond donors (Lipinski definition) is 1. The molecular formula is C15H18N4O3. The van der Waals surface area contributed by atoms with Crippen molar-refractivity contribution in [2.75, 3.05) is 6.61 Å². The third kappa shape index (κ3) is 3.88. The Morgan fingerprint density at radius 2 is 2.27 bits per heavy atom. The third-order valence-corrected chi connectivity index (χ3v) is 3.57. The summed E-state index contributed by atoms with van der Waals surface area (Å²) in [5.41, 5.74) is 0.775. The van der Waals surface area contributed by atoms with E-state index in [1.807, 2.05) is 6.07 Å². The molecule has 0 saturated heterocycles. The monoisotopic (exact) mass is 302 g/mol. The Kier molecular flexibility index (Phi) is 4.75. The molecule has 0 aliphatic heterocycles. The quantitative estimate of drug-likeness (QED) is 0.873. The van der Waals surface area contributed by atoms with Gasteiger partial charge in [0.2, 0.25) is 11.7 Å². The molecule has 1 saturated carbocycles. The molecule has 1 aliphatic rings. The highest BCUT2D eigenvalue weighted by Crippen LogP contribution is 2.17. The van der Waals surface area contributed by atoms with Crippen LogP contribution >= 0.6 is 0 Å². The van der Waals surface area contributed by atoms with Crippen LogP contribution in [-0.2, 0) is 16.1 Å². The smallest absolute Gasteiger partial charge is 0.252 e. The van der Waals surface area contributed by atoms with Crippen LogP contribution in [0.3, 0.4) is 0 Å². The average Bonchev–Trinajstić information content (AvgIpc) is 3.20. The second kappa shape index (κ2) is 7.13. The highest BCUT2D eigenvalue weighted by molar-refractivity contribution is 5.77. The zero-order valence-corrected chi connectivity index (χ0v) is 12.2. The molecule has 116 valence electrons. The summed E-state index contributed by atoms with van der Waals surface area (Å²) in [5.74, 6) is 0.702. The largest absolute Gasteiger partial charge is 0.362 e. The van der Waals surface area contributed by atoms with E-state index in [1.165, 1.54) is 12.8 Å². The lowest BCUT2D eigenvalue weighted by molar-refractivity contribution is -0.127. The van der Waals surface area contributed by atoms with Crippen molar-refractivity contribution in [3.63, 3.8) is 0 Å². The van der Waals surface area contributed by atoms with Crippen LogP contribution in [-0.4, -0.2) is 33.7 Å². The first kappa shape index (κ1) is 14.6. The van der Waals surface area contributed by atoms with Gasteiger partial charge in [-0.25, -0.2) is 0 Å². The van der Waals surface area contributed by atoms with Gasteiger partial charge in [0.1, 0.15) is 13.2 Å². The van der Waals surface area contributed by atoms with Crippen LogP contribution in [0.15, 0.2) is 29.0 Å². The normalized spacial score (nSPS) is 15.1. The predicted molar refractivity (Wildman–Crippen MR) is 77.6 cm³/mol. The molecule has 0 unspecified atom stereocenters. The number of nitrogens with zero attached hydrogens (tertiary/aromatic N) is 3. The zero-order valence-electron chi connectivity index (χ0n) is 12.2. The molecule has 1 aliphatic carbocycles. The lowest BCUT2D eigenvalue weighted by atomic mass is 10.2. The van der Waals surface area contributed by atoms with E-state index in [0.29, 0.717) is 17.8 Å². The van der Waals surface area contributed by atoms with Crippen LogP contribution in [0.2, 0.25) is 0 Å². The first-order valence-electron chi connectivity index (χ1n) is 7.41. The Labute approximate surface area is 128 Å². The van der Waals surface area contributed by atoms with Gasteiger partial charge in [0, 0.05) is 24.0 Å². The van der Waals surface area contributed by atoms with E-state index in [4.69, 9.17) is 9.26 Å². The Balaban J connectivity index is 1.44. The highest BCUT2D eigenvalue weighted by Gasteiger charge is 2.17. The minimum atomic E-state index is -0.0982. The molecule has 3 rings (SSSR count). The van der Waals surface area contributed by atoms with Crippen molar-refractivity contribution in [2.24, 2.45) is 0 Å². The van der Waals surface area contributed by atoms with Crippen LogP contribution < -0.4 is 5.32 Å². The summed E-state index contributed by atoms with van der Waals surface area (Å²) in [6.45, 7) is 0.118. The van der Waals surface area contributed by atoms with Gasteiger partial charge in [-0.3, -0.25) is 9.78 Å². The topological polar surface area (TPSA) is 90.1 Å². The molecule has 0 spiro atoms. The lowest BCUT2D eigenvalue weighted by Crippen LogP contribution is -2.35. The van der Waals surface area contributed by atoms with E-state index in [-0.39, 0.29) is 19.1 Å². The summed E-state index contributed by atoms with van der Waals surface area (Å²) in [6, 6.07) is 3.95. The van der Waals surface area contributed by atoms with E-state index < -0.39 is 0 Å². The first-order valence-corrected chi connectivity index (χ1v) is 7.41. The fraction of sp³-hybridized carbons (Fsp3) is 0.467. The van der Waals surface area contributed by atoms with Gasteiger partial charge in [-0.15, -0.1) is 0 Å². The lowest BCUT2D eigenvalue weighted by Gasteiger charge is -2.11.